The minimum absolute atomic E-state index is 0.0208. The smallest absolute Gasteiger partial charge is 0.134 e. The van der Waals surface area contributed by atoms with Crippen LogP contribution in [0.4, 0.5) is 11.6 Å². The van der Waals surface area contributed by atoms with Crippen LogP contribution in [-0.2, 0) is 0 Å². The first kappa shape index (κ1) is 13.1. The highest BCUT2D eigenvalue weighted by Gasteiger charge is 2.19. The molecule has 1 aliphatic heterocycles. The molecule has 1 unspecified atom stereocenters. The van der Waals surface area contributed by atoms with Crippen LogP contribution in [0, 0.1) is 0 Å². The van der Waals surface area contributed by atoms with Gasteiger partial charge in [-0.15, -0.1) is 0 Å². The largest absolute Gasteiger partial charge is 0.391 e. The van der Waals surface area contributed by atoms with Crippen LogP contribution >= 0.6 is 0 Å². The molecule has 18 heavy (non-hydrogen) atoms. The Balaban J connectivity index is 2.11. The Hall–Kier alpha value is -1.36. The van der Waals surface area contributed by atoms with Crippen molar-refractivity contribution in [3.63, 3.8) is 0 Å². The van der Waals surface area contributed by atoms with Crippen molar-refractivity contribution in [1.82, 2.24) is 9.97 Å². The maximum absolute atomic E-state index is 9.70. The predicted molar refractivity (Wildman–Crippen MR) is 72.9 cm³/mol. The molecule has 1 fully saturated rings. The lowest BCUT2D eigenvalue weighted by atomic mass is 10.1. The molecule has 5 nitrogen and oxygen atoms in total. The van der Waals surface area contributed by atoms with Gasteiger partial charge in [-0.05, 0) is 33.6 Å². The molecular formula is C13H22N4O. The molecule has 1 aromatic rings. The van der Waals surface area contributed by atoms with Crippen molar-refractivity contribution in [2.75, 3.05) is 23.3 Å². The number of rotatable bonds is 2. The maximum Gasteiger partial charge on any atom is 0.134 e. The zero-order valence-electron chi connectivity index (χ0n) is 11.3. The van der Waals surface area contributed by atoms with Crippen molar-refractivity contribution in [3.8, 4) is 0 Å². The van der Waals surface area contributed by atoms with Gasteiger partial charge >= 0.3 is 0 Å². The number of nitrogens with zero attached hydrogens (tertiary/aromatic N) is 3. The van der Waals surface area contributed by atoms with Gasteiger partial charge in [0.15, 0.2) is 0 Å². The number of aromatic nitrogens is 2. The van der Waals surface area contributed by atoms with E-state index in [2.05, 4.69) is 41.0 Å². The van der Waals surface area contributed by atoms with Gasteiger partial charge in [0.1, 0.15) is 18.0 Å². The third kappa shape index (κ3) is 3.57. The Morgan fingerprint density at radius 3 is 2.83 bits per heavy atom. The van der Waals surface area contributed by atoms with E-state index in [-0.39, 0.29) is 11.6 Å². The average molecular weight is 250 g/mol. The van der Waals surface area contributed by atoms with Gasteiger partial charge in [-0.25, -0.2) is 9.97 Å². The number of hydrogen-bond donors (Lipinski definition) is 2. The molecule has 2 heterocycles. The summed E-state index contributed by atoms with van der Waals surface area (Å²) in [7, 11) is 0. The number of anilines is 2. The number of nitrogens with one attached hydrogen (secondary N) is 1. The zero-order valence-corrected chi connectivity index (χ0v) is 11.3. The summed E-state index contributed by atoms with van der Waals surface area (Å²) in [5.74, 6) is 1.71. The molecule has 1 aromatic heterocycles. The van der Waals surface area contributed by atoms with Crippen LogP contribution in [0.5, 0.6) is 0 Å². The van der Waals surface area contributed by atoms with Gasteiger partial charge in [0, 0.05) is 24.7 Å². The summed E-state index contributed by atoms with van der Waals surface area (Å²) >= 11 is 0. The normalized spacial score (nSPS) is 20.9. The highest BCUT2D eigenvalue weighted by molar-refractivity contribution is 5.49. The van der Waals surface area contributed by atoms with Crippen molar-refractivity contribution < 1.29 is 5.11 Å². The van der Waals surface area contributed by atoms with Crippen molar-refractivity contribution >= 4 is 11.6 Å². The van der Waals surface area contributed by atoms with Crippen LogP contribution in [0.25, 0.3) is 0 Å². The second-order valence-electron chi connectivity index (χ2n) is 5.88. The van der Waals surface area contributed by atoms with E-state index in [9.17, 15) is 5.11 Å². The van der Waals surface area contributed by atoms with E-state index in [0.717, 1.165) is 31.0 Å². The summed E-state index contributed by atoms with van der Waals surface area (Å²) in [4.78, 5) is 10.6. The van der Waals surface area contributed by atoms with Crippen molar-refractivity contribution in [2.24, 2.45) is 0 Å². The Morgan fingerprint density at radius 2 is 2.17 bits per heavy atom. The van der Waals surface area contributed by atoms with Crippen molar-refractivity contribution in [1.29, 1.82) is 0 Å². The molecule has 1 atom stereocenters. The number of hydrogen-bond acceptors (Lipinski definition) is 5. The molecule has 1 aliphatic rings. The molecule has 0 radical (unpaired) electrons. The fourth-order valence-electron chi connectivity index (χ4n) is 2.14. The van der Waals surface area contributed by atoms with Crippen LogP contribution in [0.3, 0.4) is 0 Å². The summed E-state index contributed by atoms with van der Waals surface area (Å²) in [6, 6.07) is 1.95. The van der Waals surface area contributed by atoms with Gasteiger partial charge in [-0.1, -0.05) is 0 Å². The van der Waals surface area contributed by atoms with E-state index in [0.29, 0.717) is 6.54 Å². The molecule has 0 aliphatic carbocycles. The van der Waals surface area contributed by atoms with Crippen molar-refractivity contribution in [2.45, 2.75) is 45.3 Å². The molecule has 0 saturated carbocycles. The molecule has 100 valence electrons. The third-order valence-electron chi connectivity index (χ3n) is 2.88. The van der Waals surface area contributed by atoms with Gasteiger partial charge in [0.05, 0.1) is 6.10 Å². The monoisotopic (exact) mass is 250 g/mol. The summed E-state index contributed by atoms with van der Waals surface area (Å²) in [6.45, 7) is 7.90. The third-order valence-corrected chi connectivity index (χ3v) is 2.88. The second-order valence-corrected chi connectivity index (χ2v) is 5.88. The van der Waals surface area contributed by atoms with Gasteiger partial charge < -0.3 is 15.3 Å². The number of aliphatic hydroxyl groups excluding tert-OH is 1. The first-order valence-corrected chi connectivity index (χ1v) is 6.47. The number of β-amino-alcohol motifs (C(OH)–C–C–N with tert-alkyl or cyclic N) is 1. The van der Waals surface area contributed by atoms with Crippen molar-refractivity contribution in [3.05, 3.63) is 12.4 Å². The lowest BCUT2D eigenvalue weighted by Gasteiger charge is -2.31. The fourth-order valence-corrected chi connectivity index (χ4v) is 2.14. The Labute approximate surface area is 108 Å². The molecule has 1 saturated heterocycles. The quantitative estimate of drug-likeness (QED) is 0.835. The minimum atomic E-state index is -0.243. The molecule has 0 spiro atoms. The molecule has 0 aromatic carbocycles. The van der Waals surface area contributed by atoms with Crippen LogP contribution in [0.1, 0.15) is 33.6 Å². The van der Waals surface area contributed by atoms with Gasteiger partial charge in [0.25, 0.3) is 0 Å². The summed E-state index contributed by atoms with van der Waals surface area (Å²) < 4.78 is 0. The topological polar surface area (TPSA) is 61.3 Å². The van der Waals surface area contributed by atoms with Crippen LogP contribution in [0.15, 0.2) is 12.4 Å². The Morgan fingerprint density at radius 1 is 1.39 bits per heavy atom. The fraction of sp³-hybridized carbons (Fsp3) is 0.692. The SMILES string of the molecule is CC(C)(C)Nc1cc(N2CCCC(O)C2)ncn1. The maximum atomic E-state index is 9.70. The first-order chi connectivity index (χ1) is 8.44. The van der Waals surface area contributed by atoms with Gasteiger partial charge in [-0.2, -0.15) is 0 Å². The number of piperidine rings is 1. The number of aliphatic hydroxyl groups is 1. The molecule has 2 N–H and O–H groups in total. The van der Waals surface area contributed by atoms with Gasteiger partial charge in [-0.3, -0.25) is 0 Å². The molecular weight excluding hydrogens is 228 g/mol. The van der Waals surface area contributed by atoms with E-state index < -0.39 is 0 Å². The molecule has 0 bridgehead atoms. The van der Waals surface area contributed by atoms with E-state index in [4.69, 9.17) is 0 Å². The van der Waals surface area contributed by atoms with Crippen LogP contribution in [0.2, 0.25) is 0 Å². The van der Waals surface area contributed by atoms with Crippen LogP contribution < -0.4 is 10.2 Å². The van der Waals surface area contributed by atoms with E-state index in [1.165, 1.54) is 0 Å². The highest BCUT2D eigenvalue weighted by atomic mass is 16.3. The second kappa shape index (κ2) is 5.10. The minimum Gasteiger partial charge on any atom is -0.391 e. The highest BCUT2D eigenvalue weighted by Crippen LogP contribution is 2.20. The predicted octanol–water partition coefficient (Wildman–Crippen LogP) is 1.65. The lowest BCUT2D eigenvalue weighted by Crippen LogP contribution is -2.38. The zero-order chi connectivity index (χ0) is 13.2. The van der Waals surface area contributed by atoms with E-state index in [1.54, 1.807) is 6.33 Å². The van der Waals surface area contributed by atoms with Gasteiger partial charge in [0.2, 0.25) is 0 Å². The molecule has 5 heteroatoms. The molecule has 2 rings (SSSR count). The van der Waals surface area contributed by atoms with Crippen LogP contribution in [-0.4, -0.2) is 39.8 Å². The average Bonchev–Trinajstić information content (AvgIpc) is 2.27. The lowest BCUT2D eigenvalue weighted by molar-refractivity contribution is 0.154. The van der Waals surface area contributed by atoms with E-state index in [1.807, 2.05) is 6.07 Å². The summed E-state index contributed by atoms with van der Waals surface area (Å²) in [5, 5.41) is 13.0. The first-order valence-electron chi connectivity index (χ1n) is 6.47. The summed E-state index contributed by atoms with van der Waals surface area (Å²) in [5.41, 5.74) is -0.0208. The Bertz CT molecular complexity index is 402. The Kier molecular flexibility index (Phi) is 3.71. The summed E-state index contributed by atoms with van der Waals surface area (Å²) in [6.07, 6.45) is 3.22. The standard InChI is InChI=1S/C13H22N4O/c1-13(2,3)16-11-7-12(15-9-14-11)17-6-4-5-10(18)8-17/h7,9-10,18H,4-6,8H2,1-3H3,(H,14,15,16). The van der Waals surface area contributed by atoms with E-state index >= 15 is 0 Å². The molecule has 0 amide bonds.